The molecular formula is C18H19N3. The number of benzene rings is 2. The number of nitrogens with zero attached hydrogens (tertiary/aromatic N) is 2. The van der Waals surface area contributed by atoms with E-state index in [4.69, 9.17) is 0 Å². The Hall–Kier alpha value is -2.26. The Balaban J connectivity index is 2.04. The molecule has 106 valence electrons. The average molecular weight is 277 g/mol. The van der Waals surface area contributed by atoms with Crippen molar-refractivity contribution < 1.29 is 0 Å². The highest BCUT2D eigenvalue weighted by molar-refractivity contribution is 5.83. The summed E-state index contributed by atoms with van der Waals surface area (Å²) >= 11 is 0. The van der Waals surface area contributed by atoms with E-state index in [1.165, 1.54) is 16.3 Å². The predicted octanol–water partition coefficient (Wildman–Crippen LogP) is 3.64. The fourth-order valence-electron chi connectivity index (χ4n) is 2.50. The molecule has 1 heterocycles. The summed E-state index contributed by atoms with van der Waals surface area (Å²) in [4.78, 5) is 8.96. The largest absolute Gasteiger partial charge is 0.304 e. The van der Waals surface area contributed by atoms with Crippen molar-refractivity contribution in [2.45, 2.75) is 19.9 Å². The number of aryl methyl sites for hydroxylation is 1. The molecule has 1 unspecified atom stereocenters. The van der Waals surface area contributed by atoms with Gasteiger partial charge in [0.15, 0.2) is 0 Å². The van der Waals surface area contributed by atoms with Crippen LogP contribution in [0.1, 0.15) is 29.9 Å². The van der Waals surface area contributed by atoms with Crippen molar-refractivity contribution in [3.8, 4) is 0 Å². The molecule has 21 heavy (non-hydrogen) atoms. The number of fused-ring (bicyclic) bond motifs is 1. The number of hydrogen-bond donors (Lipinski definition) is 1. The van der Waals surface area contributed by atoms with Gasteiger partial charge in [-0.1, -0.05) is 43.3 Å². The van der Waals surface area contributed by atoms with Gasteiger partial charge in [-0.15, -0.1) is 0 Å². The predicted molar refractivity (Wildman–Crippen MR) is 86.2 cm³/mol. The Morgan fingerprint density at radius 3 is 2.43 bits per heavy atom. The van der Waals surface area contributed by atoms with E-state index in [0.29, 0.717) is 0 Å². The quantitative estimate of drug-likeness (QED) is 0.791. The molecule has 0 amide bonds. The van der Waals surface area contributed by atoms with Gasteiger partial charge in [0, 0.05) is 12.4 Å². The summed E-state index contributed by atoms with van der Waals surface area (Å²) in [6.07, 6.45) is 3.74. The molecule has 0 spiro atoms. The van der Waals surface area contributed by atoms with E-state index >= 15 is 0 Å². The SMILES string of the molecule is CCNC(c1ccc2ccccc2c1)c1ncc(C)cn1. The van der Waals surface area contributed by atoms with Crippen LogP contribution in [0.15, 0.2) is 54.9 Å². The van der Waals surface area contributed by atoms with Crippen LogP contribution in [0.2, 0.25) is 0 Å². The van der Waals surface area contributed by atoms with Crippen molar-refractivity contribution in [2.75, 3.05) is 6.54 Å². The topological polar surface area (TPSA) is 37.8 Å². The maximum absolute atomic E-state index is 4.48. The molecule has 3 nitrogen and oxygen atoms in total. The van der Waals surface area contributed by atoms with Gasteiger partial charge in [-0.05, 0) is 41.4 Å². The van der Waals surface area contributed by atoms with Gasteiger partial charge in [0.05, 0.1) is 6.04 Å². The minimum atomic E-state index is 0.0280. The zero-order valence-electron chi connectivity index (χ0n) is 12.4. The van der Waals surface area contributed by atoms with Crippen molar-refractivity contribution in [1.29, 1.82) is 0 Å². The summed E-state index contributed by atoms with van der Waals surface area (Å²) in [5.74, 6) is 0.817. The van der Waals surface area contributed by atoms with Crippen LogP contribution in [0.3, 0.4) is 0 Å². The molecule has 1 atom stereocenters. The van der Waals surface area contributed by atoms with Gasteiger partial charge in [0.25, 0.3) is 0 Å². The standard InChI is InChI=1S/C18H19N3/c1-3-19-17(18-20-11-13(2)12-21-18)16-9-8-14-6-4-5-7-15(14)10-16/h4-12,17,19H,3H2,1-2H3. The lowest BCUT2D eigenvalue weighted by Crippen LogP contribution is -2.24. The van der Waals surface area contributed by atoms with Crippen LogP contribution in [0, 0.1) is 6.92 Å². The van der Waals surface area contributed by atoms with Gasteiger partial charge < -0.3 is 5.32 Å². The second-order valence-electron chi connectivity index (χ2n) is 5.22. The van der Waals surface area contributed by atoms with Crippen LogP contribution in [0.5, 0.6) is 0 Å². The summed E-state index contributed by atoms with van der Waals surface area (Å²) in [5.41, 5.74) is 2.27. The molecule has 0 bridgehead atoms. The molecular weight excluding hydrogens is 258 g/mol. The zero-order valence-corrected chi connectivity index (χ0v) is 12.4. The van der Waals surface area contributed by atoms with Crippen LogP contribution in [-0.2, 0) is 0 Å². The molecule has 0 aliphatic carbocycles. The molecule has 0 aliphatic rings. The molecule has 0 aliphatic heterocycles. The first-order valence-electron chi connectivity index (χ1n) is 7.28. The first-order chi connectivity index (χ1) is 10.3. The first kappa shape index (κ1) is 13.7. The fraction of sp³-hybridized carbons (Fsp3) is 0.222. The minimum absolute atomic E-state index is 0.0280. The van der Waals surface area contributed by atoms with E-state index in [2.05, 4.69) is 64.7 Å². The number of hydrogen-bond acceptors (Lipinski definition) is 3. The fourth-order valence-corrected chi connectivity index (χ4v) is 2.50. The zero-order chi connectivity index (χ0) is 14.7. The van der Waals surface area contributed by atoms with E-state index in [0.717, 1.165) is 17.9 Å². The molecule has 0 saturated heterocycles. The number of rotatable bonds is 4. The van der Waals surface area contributed by atoms with Crippen molar-refractivity contribution >= 4 is 10.8 Å². The highest BCUT2D eigenvalue weighted by atomic mass is 15.0. The minimum Gasteiger partial charge on any atom is -0.304 e. The highest BCUT2D eigenvalue weighted by Gasteiger charge is 2.15. The van der Waals surface area contributed by atoms with Crippen LogP contribution in [-0.4, -0.2) is 16.5 Å². The summed E-state index contributed by atoms with van der Waals surface area (Å²) in [5, 5.41) is 5.97. The van der Waals surface area contributed by atoms with E-state index < -0.39 is 0 Å². The normalized spacial score (nSPS) is 12.5. The third-order valence-corrected chi connectivity index (χ3v) is 3.57. The average Bonchev–Trinajstić information content (AvgIpc) is 2.53. The first-order valence-corrected chi connectivity index (χ1v) is 7.28. The van der Waals surface area contributed by atoms with Crippen LogP contribution in [0.25, 0.3) is 10.8 Å². The lowest BCUT2D eigenvalue weighted by atomic mass is 10.0. The van der Waals surface area contributed by atoms with Gasteiger partial charge in [-0.3, -0.25) is 0 Å². The summed E-state index contributed by atoms with van der Waals surface area (Å²) < 4.78 is 0. The molecule has 0 saturated carbocycles. The van der Waals surface area contributed by atoms with Crippen LogP contribution in [0.4, 0.5) is 0 Å². The van der Waals surface area contributed by atoms with Crippen LogP contribution >= 0.6 is 0 Å². The van der Waals surface area contributed by atoms with Gasteiger partial charge >= 0.3 is 0 Å². The van der Waals surface area contributed by atoms with Gasteiger partial charge in [-0.2, -0.15) is 0 Å². The van der Waals surface area contributed by atoms with Crippen LogP contribution < -0.4 is 5.32 Å². The Bertz CT molecular complexity index is 735. The molecule has 1 N–H and O–H groups in total. The monoisotopic (exact) mass is 277 g/mol. The Labute approximate surface area is 125 Å². The second kappa shape index (κ2) is 6.02. The summed E-state index contributed by atoms with van der Waals surface area (Å²) in [7, 11) is 0. The van der Waals surface area contributed by atoms with E-state index in [1.54, 1.807) is 0 Å². The molecule has 3 aromatic rings. The molecule has 2 aromatic carbocycles. The lowest BCUT2D eigenvalue weighted by Gasteiger charge is -2.17. The van der Waals surface area contributed by atoms with Crippen molar-refractivity contribution in [2.24, 2.45) is 0 Å². The van der Waals surface area contributed by atoms with Gasteiger partial charge in [-0.25, -0.2) is 9.97 Å². The smallest absolute Gasteiger partial charge is 0.149 e. The number of aromatic nitrogens is 2. The summed E-state index contributed by atoms with van der Waals surface area (Å²) in [6.45, 7) is 4.97. The van der Waals surface area contributed by atoms with E-state index in [9.17, 15) is 0 Å². The molecule has 0 fully saturated rings. The molecule has 3 rings (SSSR count). The van der Waals surface area contributed by atoms with Crippen molar-refractivity contribution in [3.05, 3.63) is 71.8 Å². The van der Waals surface area contributed by atoms with Crippen molar-refractivity contribution in [1.82, 2.24) is 15.3 Å². The maximum Gasteiger partial charge on any atom is 0.149 e. The molecule has 3 heteroatoms. The summed E-state index contributed by atoms with van der Waals surface area (Å²) in [6, 6.07) is 14.9. The Morgan fingerprint density at radius 1 is 1.00 bits per heavy atom. The van der Waals surface area contributed by atoms with Gasteiger partial charge in [0.1, 0.15) is 5.82 Å². The van der Waals surface area contributed by atoms with E-state index in [-0.39, 0.29) is 6.04 Å². The Morgan fingerprint density at radius 2 is 1.71 bits per heavy atom. The third-order valence-electron chi connectivity index (χ3n) is 3.57. The highest BCUT2D eigenvalue weighted by Crippen LogP contribution is 2.23. The van der Waals surface area contributed by atoms with E-state index in [1.807, 2.05) is 19.3 Å². The number of nitrogens with one attached hydrogen (secondary N) is 1. The lowest BCUT2D eigenvalue weighted by molar-refractivity contribution is 0.597. The van der Waals surface area contributed by atoms with Crippen molar-refractivity contribution in [3.63, 3.8) is 0 Å². The molecule has 0 radical (unpaired) electrons. The van der Waals surface area contributed by atoms with Gasteiger partial charge in [0.2, 0.25) is 0 Å². The maximum atomic E-state index is 4.48. The second-order valence-corrected chi connectivity index (χ2v) is 5.22. The molecule has 1 aromatic heterocycles. The third kappa shape index (κ3) is 2.93. The Kier molecular flexibility index (Phi) is 3.93.